The summed E-state index contributed by atoms with van der Waals surface area (Å²) in [5.41, 5.74) is 1.14. The number of amides is 3. The minimum absolute atomic E-state index is 0.303. The highest BCUT2D eigenvalue weighted by Crippen LogP contribution is 2.21. The van der Waals surface area contributed by atoms with E-state index >= 15 is 0 Å². The summed E-state index contributed by atoms with van der Waals surface area (Å²) < 4.78 is 0. The van der Waals surface area contributed by atoms with Gasteiger partial charge in [0.2, 0.25) is 0 Å². The molecule has 0 saturated carbocycles. The Bertz CT molecular complexity index is 389. The topological polar surface area (TPSA) is 49.4 Å². The van der Waals surface area contributed by atoms with Gasteiger partial charge in [-0.05, 0) is 30.8 Å². The van der Waals surface area contributed by atoms with Crippen molar-refractivity contribution in [2.45, 2.75) is 11.8 Å². The van der Waals surface area contributed by atoms with Crippen molar-refractivity contribution in [3.8, 4) is 0 Å². The molecule has 0 aliphatic carbocycles. The van der Waals surface area contributed by atoms with Crippen molar-refractivity contribution in [3.63, 3.8) is 0 Å². The second-order valence-electron chi connectivity index (χ2n) is 3.30. The van der Waals surface area contributed by atoms with E-state index in [1.165, 1.54) is 14.1 Å². The normalized spacial score (nSPS) is 9.69. The molecule has 1 aromatic carbocycles. The second kappa shape index (κ2) is 5.55. The number of hydrogen-bond acceptors (Lipinski definition) is 3. The SMILES string of the molecule is CNC(=O)N(C)C(=O)Sc1ccc(C)cc1. The van der Waals surface area contributed by atoms with E-state index in [1.807, 2.05) is 31.2 Å². The van der Waals surface area contributed by atoms with E-state index in [0.29, 0.717) is 0 Å². The Morgan fingerprint density at radius 1 is 1.25 bits per heavy atom. The summed E-state index contributed by atoms with van der Waals surface area (Å²) in [4.78, 5) is 24.7. The lowest BCUT2D eigenvalue weighted by atomic mass is 10.2. The van der Waals surface area contributed by atoms with Gasteiger partial charge in [0.05, 0.1) is 0 Å². The number of benzene rings is 1. The lowest BCUT2D eigenvalue weighted by molar-refractivity contribution is 0.209. The molecule has 0 aliphatic heterocycles. The molecule has 0 fully saturated rings. The van der Waals surface area contributed by atoms with Crippen LogP contribution in [-0.4, -0.2) is 30.3 Å². The van der Waals surface area contributed by atoms with E-state index < -0.39 is 6.03 Å². The highest BCUT2D eigenvalue weighted by atomic mass is 32.2. The summed E-state index contributed by atoms with van der Waals surface area (Å²) in [6.07, 6.45) is 0. The number of thioether (sulfide) groups is 1. The van der Waals surface area contributed by atoms with E-state index in [4.69, 9.17) is 0 Å². The molecule has 86 valence electrons. The van der Waals surface area contributed by atoms with Gasteiger partial charge in [-0.2, -0.15) is 0 Å². The zero-order valence-corrected chi connectivity index (χ0v) is 10.3. The number of carbonyl (C=O) groups is 2. The number of carbonyl (C=O) groups excluding carboxylic acids is 2. The first-order chi connectivity index (χ1) is 7.54. The lowest BCUT2D eigenvalue weighted by Crippen LogP contribution is -2.37. The monoisotopic (exact) mass is 238 g/mol. The molecule has 1 aromatic rings. The van der Waals surface area contributed by atoms with Crippen LogP contribution in [0.3, 0.4) is 0 Å². The van der Waals surface area contributed by atoms with Gasteiger partial charge in [-0.3, -0.25) is 9.69 Å². The third-order valence-corrected chi connectivity index (χ3v) is 2.97. The van der Waals surface area contributed by atoms with E-state index in [1.54, 1.807) is 0 Å². The average molecular weight is 238 g/mol. The van der Waals surface area contributed by atoms with Crippen molar-refractivity contribution in [3.05, 3.63) is 29.8 Å². The van der Waals surface area contributed by atoms with Crippen LogP contribution in [-0.2, 0) is 0 Å². The summed E-state index contributed by atoms with van der Waals surface area (Å²) in [7, 11) is 2.94. The third kappa shape index (κ3) is 3.27. The van der Waals surface area contributed by atoms with E-state index in [9.17, 15) is 9.59 Å². The van der Waals surface area contributed by atoms with Crippen molar-refractivity contribution in [1.82, 2.24) is 10.2 Å². The van der Waals surface area contributed by atoms with Crippen LogP contribution in [0.1, 0.15) is 5.56 Å². The largest absolute Gasteiger partial charge is 0.341 e. The van der Waals surface area contributed by atoms with Crippen LogP contribution in [0.5, 0.6) is 0 Å². The maximum atomic E-state index is 11.6. The van der Waals surface area contributed by atoms with Gasteiger partial charge in [-0.25, -0.2) is 4.79 Å². The Labute approximate surface area is 99.0 Å². The van der Waals surface area contributed by atoms with Crippen LogP contribution in [0.2, 0.25) is 0 Å². The summed E-state index contributed by atoms with van der Waals surface area (Å²) in [6, 6.07) is 7.15. The molecule has 3 amide bonds. The molecule has 1 rings (SSSR count). The molecule has 5 heteroatoms. The molecule has 0 heterocycles. The number of urea groups is 1. The molecule has 0 radical (unpaired) electrons. The molecule has 0 aromatic heterocycles. The number of imide groups is 1. The molecule has 0 unspecified atom stereocenters. The maximum absolute atomic E-state index is 11.6. The standard InChI is InChI=1S/C11H14N2O2S/c1-8-4-6-9(7-5-8)16-11(15)13(3)10(14)12-2/h4-7H,1-3H3,(H,12,14). The Balaban J connectivity index is 2.64. The first kappa shape index (κ1) is 12.6. The van der Waals surface area contributed by atoms with Crippen LogP contribution < -0.4 is 5.32 Å². The predicted molar refractivity (Wildman–Crippen MR) is 64.7 cm³/mol. The van der Waals surface area contributed by atoms with Crippen LogP contribution in [0.4, 0.5) is 9.59 Å². The zero-order valence-electron chi connectivity index (χ0n) is 9.48. The maximum Gasteiger partial charge on any atom is 0.324 e. The Hall–Kier alpha value is -1.49. The zero-order chi connectivity index (χ0) is 12.1. The van der Waals surface area contributed by atoms with Gasteiger partial charge in [0, 0.05) is 19.0 Å². The number of aryl methyl sites for hydroxylation is 1. The molecule has 1 N–H and O–H groups in total. The number of nitrogens with zero attached hydrogens (tertiary/aromatic N) is 1. The summed E-state index contributed by atoms with van der Waals surface area (Å²) in [6.45, 7) is 1.98. The van der Waals surface area contributed by atoms with Gasteiger partial charge in [0.25, 0.3) is 5.24 Å². The van der Waals surface area contributed by atoms with Gasteiger partial charge >= 0.3 is 6.03 Å². The summed E-state index contributed by atoms with van der Waals surface area (Å²) in [5, 5.41) is 2.09. The number of nitrogens with one attached hydrogen (secondary N) is 1. The van der Waals surface area contributed by atoms with E-state index in [0.717, 1.165) is 27.1 Å². The van der Waals surface area contributed by atoms with Crippen LogP contribution >= 0.6 is 11.8 Å². The molecular weight excluding hydrogens is 224 g/mol. The molecule has 4 nitrogen and oxygen atoms in total. The molecule has 16 heavy (non-hydrogen) atoms. The van der Waals surface area contributed by atoms with Crippen LogP contribution in [0.15, 0.2) is 29.2 Å². The quantitative estimate of drug-likeness (QED) is 0.765. The molecule has 0 bridgehead atoms. The number of hydrogen-bond donors (Lipinski definition) is 1. The van der Waals surface area contributed by atoms with Crippen molar-refractivity contribution in [2.24, 2.45) is 0 Å². The second-order valence-corrected chi connectivity index (χ2v) is 4.32. The fourth-order valence-corrected chi connectivity index (χ4v) is 1.72. The lowest BCUT2D eigenvalue weighted by Gasteiger charge is -2.13. The molecule has 0 saturated heterocycles. The highest BCUT2D eigenvalue weighted by Gasteiger charge is 2.16. The van der Waals surface area contributed by atoms with Gasteiger partial charge in [0.15, 0.2) is 0 Å². The fourth-order valence-electron chi connectivity index (χ4n) is 1.03. The first-order valence-electron chi connectivity index (χ1n) is 4.78. The molecule has 0 aliphatic rings. The Morgan fingerprint density at radius 2 is 1.81 bits per heavy atom. The Kier molecular flexibility index (Phi) is 4.37. The fraction of sp³-hybridized carbons (Fsp3) is 0.273. The first-order valence-corrected chi connectivity index (χ1v) is 5.60. The van der Waals surface area contributed by atoms with Crippen molar-refractivity contribution in [2.75, 3.05) is 14.1 Å². The van der Waals surface area contributed by atoms with Gasteiger partial charge in [0.1, 0.15) is 0 Å². The predicted octanol–water partition coefficient (Wildman–Crippen LogP) is 2.48. The average Bonchev–Trinajstić information content (AvgIpc) is 2.30. The third-order valence-electron chi connectivity index (χ3n) is 2.02. The van der Waals surface area contributed by atoms with Gasteiger partial charge in [-0.15, -0.1) is 0 Å². The molecular formula is C11H14N2O2S. The smallest absolute Gasteiger partial charge is 0.324 e. The summed E-state index contributed by atoms with van der Waals surface area (Å²) >= 11 is 1.03. The minimum atomic E-state index is -0.412. The van der Waals surface area contributed by atoms with E-state index in [2.05, 4.69) is 5.32 Å². The van der Waals surface area contributed by atoms with Crippen molar-refractivity contribution in [1.29, 1.82) is 0 Å². The van der Waals surface area contributed by atoms with Crippen LogP contribution in [0, 0.1) is 6.92 Å². The van der Waals surface area contributed by atoms with Gasteiger partial charge in [-0.1, -0.05) is 17.7 Å². The van der Waals surface area contributed by atoms with Gasteiger partial charge < -0.3 is 5.32 Å². The van der Waals surface area contributed by atoms with Crippen molar-refractivity contribution >= 4 is 23.0 Å². The highest BCUT2D eigenvalue weighted by molar-refractivity contribution is 8.13. The van der Waals surface area contributed by atoms with E-state index in [-0.39, 0.29) is 5.24 Å². The minimum Gasteiger partial charge on any atom is -0.341 e. The molecule has 0 atom stereocenters. The Morgan fingerprint density at radius 3 is 2.31 bits per heavy atom. The van der Waals surface area contributed by atoms with Crippen molar-refractivity contribution < 1.29 is 9.59 Å². The van der Waals surface area contributed by atoms with Crippen LogP contribution in [0.25, 0.3) is 0 Å². The summed E-state index contributed by atoms with van der Waals surface area (Å²) in [5.74, 6) is 0. The number of rotatable bonds is 1. The molecule has 0 spiro atoms.